The second-order valence-electron chi connectivity index (χ2n) is 4.11. The van der Waals surface area contributed by atoms with E-state index < -0.39 is 0 Å². The van der Waals surface area contributed by atoms with Crippen molar-refractivity contribution in [3.8, 4) is 0 Å². The Balaban J connectivity index is 1.94. The molecule has 2 atom stereocenters. The molecule has 2 fully saturated rings. The summed E-state index contributed by atoms with van der Waals surface area (Å²) < 4.78 is 0. The maximum atomic E-state index is 3.66. The number of rotatable bonds is 0. The Morgan fingerprint density at radius 2 is 1.17 bits per heavy atom. The molecule has 2 N–H and O–H groups in total. The molecule has 0 aliphatic carbocycles. The van der Waals surface area contributed by atoms with Crippen molar-refractivity contribution < 1.29 is 0 Å². The minimum atomic E-state index is 0.773. The molecule has 2 heteroatoms. The standard InChI is InChI=1S/C10H20N2/c1-3-7-11-10-6-2-4-8-12-9(10)5-1/h9-12H,1-8H2. The summed E-state index contributed by atoms with van der Waals surface area (Å²) in [6.07, 6.45) is 8.32. The van der Waals surface area contributed by atoms with Crippen LogP contribution in [0.4, 0.5) is 0 Å². The molecule has 0 aromatic rings. The molecule has 12 heavy (non-hydrogen) atoms. The van der Waals surface area contributed by atoms with Gasteiger partial charge in [0.15, 0.2) is 0 Å². The Hall–Kier alpha value is -0.0800. The van der Waals surface area contributed by atoms with Gasteiger partial charge in [-0.05, 0) is 38.8 Å². The molecule has 0 aromatic carbocycles. The van der Waals surface area contributed by atoms with Crippen LogP contribution in [0.15, 0.2) is 0 Å². The zero-order valence-corrected chi connectivity index (χ0v) is 7.81. The summed E-state index contributed by atoms with van der Waals surface area (Å²) >= 11 is 0. The van der Waals surface area contributed by atoms with Crippen LogP contribution in [0.5, 0.6) is 0 Å². The summed E-state index contributed by atoms with van der Waals surface area (Å²) in [4.78, 5) is 0. The van der Waals surface area contributed by atoms with Crippen LogP contribution in [0.25, 0.3) is 0 Å². The molecule has 0 radical (unpaired) electrons. The summed E-state index contributed by atoms with van der Waals surface area (Å²) in [6.45, 7) is 2.48. The van der Waals surface area contributed by atoms with E-state index in [9.17, 15) is 0 Å². The lowest BCUT2D eigenvalue weighted by molar-refractivity contribution is 0.389. The molecule has 0 spiro atoms. The Labute approximate surface area is 75.1 Å². The average Bonchev–Trinajstić information content (AvgIpc) is 2.38. The van der Waals surface area contributed by atoms with Crippen molar-refractivity contribution in [1.29, 1.82) is 0 Å². The largest absolute Gasteiger partial charge is 0.312 e. The van der Waals surface area contributed by atoms with Crippen LogP contribution in [0, 0.1) is 0 Å². The van der Waals surface area contributed by atoms with Gasteiger partial charge >= 0.3 is 0 Å². The molecule has 0 aromatic heterocycles. The van der Waals surface area contributed by atoms with Gasteiger partial charge in [-0.25, -0.2) is 0 Å². The molecule has 2 heterocycles. The van der Waals surface area contributed by atoms with Crippen molar-refractivity contribution in [2.24, 2.45) is 0 Å². The van der Waals surface area contributed by atoms with Crippen LogP contribution < -0.4 is 10.6 Å². The van der Waals surface area contributed by atoms with Crippen LogP contribution in [0.2, 0.25) is 0 Å². The summed E-state index contributed by atoms with van der Waals surface area (Å²) in [7, 11) is 0. The highest BCUT2D eigenvalue weighted by Gasteiger charge is 2.23. The molecule has 2 saturated heterocycles. The summed E-state index contributed by atoms with van der Waals surface area (Å²) in [5.74, 6) is 0. The molecule has 2 aliphatic heterocycles. The molecule has 2 unspecified atom stereocenters. The predicted molar refractivity (Wildman–Crippen MR) is 51.3 cm³/mol. The number of hydrogen-bond donors (Lipinski definition) is 2. The van der Waals surface area contributed by atoms with Gasteiger partial charge in [0.05, 0.1) is 0 Å². The molecule has 0 bridgehead atoms. The molecular weight excluding hydrogens is 148 g/mol. The van der Waals surface area contributed by atoms with E-state index in [1.807, 2.05) is 0 Å². The third-order valence-electron chi connectivity index (χ3n) is 3.18. The van der Waals surface area contributed by atoms with Crippen LogP contribution >= 0.6 is 0 Å². The molecule has 70 valence electrons. The maximum Gasteiger partial charge on any atom is 0.0221 e. The fraction of sp³-hybridized carbons (Fsp3) is 1.00. The third kappa shape index (κ3) is 1.99. The van der Waals surface area contributed by atoms with Crippen molar-refractivity contribution in [2.45, 2.75) is 50.6 Å². The van der Waals surface area contributed by atoms with Crippen LogP contribution in [-0.4, -0.2) is 25.2 Å². The fourth-order valence-corrected chi connectivity index (χ4v) is 2.44. The van der Waals surface area contributed by atoms with E-state index in [-0.39, 0.29) is 0 Å². The second kappa shape index (κ2) is 4.24. The van der Waals surface area contributed by atoms with Gasteiger partial charge in [-0.15, -0.1) is 0 Å². The minimum absolute atomic E-state index is 0.773. The highest BCUT2D eigenvalue weighted by Crippen LogP contribution is 2.16. The summed E-state index contributed by atoms with van der Waals surface area (Å²) in [5.41, 5.74) is 0. The van der Waals surface area contributed by atoms with Crippen LogP contribution in [-0.2, 0) is 0 Å². The van der Waals surface area contributed by atoms with Gasteiger partial charge in [0.25, 0.3) is 0 Å². The van der Waals surface area contributed by atoms with Crippen LogP contribution in [0.1, 0.15) is 38.5 Å². The van der Waals surface area contributed by atoms with Crippen molar-refractivity contribution in [3.63, 3.8) is 0 Å². The lowest BCUT2D eigenvalue weighted by Crippen LogP contribution is -2.45. The first kappa shape index (κ1) is 8.52. The zero-order valence-electron chi connectivity index (χ0n) is 7.81. The van der Waals surface area contributed by atoms with Gasteiger partial charge in [0, 0.05) is 12.1 Å². The SMILES string of the molecule is C1CCC2NCCCCC2NC1. The highest BCUT2D eigenvalue weighted by molar-refractivity contribution is 4.86. The van der Waals surface area contributed by atoms with Crippen molar-refractivity contribution in [1.82, 2.24) is 10.6 Å². The van der Waals surface area contributed by atoms with Crippen LogP contribution in [0.3, 0.4) is 0 Å². The first-order chi connectivity index (χ1) is 5.97. The molecular formula is C10H20N2. The molecule has 0 amide bonds. The Morgan fingerprint density at radius 3 is 1.67 bits per heavy atom. The van der Waals surface area contributed by atoms with Crippen molar-refractivity contribution in [2.75, 3.05) is 13.1 Å². The molecule has 2 rings (SSSR count). The van der Waals surface area contributed by atoms with Gasteiger partial charge in [0.1, 0.15) is 0 Å². The summed E-state index contributed by atoms with van der Waals surface area (Å²) in [6, 6.07) is 1.55. The average molecular weight is 168 g/mol. The van der Waals surface area contributed by atoms with E-state index in [2.05, 4.69) is 10.6 Å². The third-order valence-corrected chi connectivity index (χ3v) is 3.18. The fourth-order valence-electron chi connectivity index (χ4n) is 2.44. The quantitative estimate of drug-likeness (QED) is 0.569. The number of hydrogen-bond acceptors (Lipinski definition) is 2. The summed E-state index contributed by atoms with van der Waals surface area (Å²) in [5, 5.41) is 7.32. The topological polar surface area (TPSA) is 24.1 Å². The molecule has 2 aliphatic rings. The Kier molecular flexibility index (Phi) is 3.01. The van der Waals surface area contributed by atoms with E-state index in [1.54, 1.807) is 0 Å². The van der Waals surface area contributed by atoms with E-state index >= 15 is 0 Å². The van der Waals surface area contributed by atoms with E-state index in [0.717, 1.165) is 12.1 Å². The molecule has 2 nitrogen and oxygen atoms in total. The minimum Gasteiger partial charge on any atom is -0.312 e. The van der Waals surface area contributed by atoms with Crippen molar-refractivity contribution in [3.05, 3.63) is 0 Å². The van der Waals surface area contributed by atoms with Crippen molar-refractivity contribution >= 4 is 0 Å². The van der Waals surface area contributed by atoms with E-state index in [0.29, 0.717) is 0 Å². The first-order valence-corrected chi connectivity index (χ1v) is 5.43. The van der Waals surface area contributed by atoms with E-state index in [4.69, 9.17) is 0 Å². The van der Waals surface area contributed by atoms with Gasteiger partial charge in [-0.1, -0.05) is 12.8 Å². The maximum absolute atomic E-state index is 3.66. The molecule has 0 saturated carbocycles. The van der Waals surface area contributed by atoms with Gasteiger partial charge in [-0.3, -0.25) is 0 Å². The highest BCUT2D eigenvalue weighted by atomic mass is 15.0. The monoisotopic (exact) mass is 168 g/mol. The van der Waals surface area contributed by atoms with E-state index in [1.165, 1.54) is 51.6 Å². The number of fused-ring (bicyclic) bond motifs is 1. The first-order valence-electron chi connectivity index (χ1n) is 5.43. The van der Waals surface area contributed by atoms with Gasteiger partial charge in [-0.2, -0.15) is 0 Å². The lowest BCUT2D eigenvalue weighted by Gasteiger charge is -2.23. The smallest absolute Gasteiger partial charge is 0.0221 e. The zero-order chi connectivity index (χ0) is 8.23. The second-order valence-corrected chi connectivity index (χ2v) is 4.11. The van der Waals surface area contributed by atoms with Gasteiger partial charge < -0.3 is 10.6 Å². The lowest BCUT2D eigenvalue weighted by atomic mass is 10.0. The number of nitrogens with one attached hydrogen (secondary N) is 2. The Bertz CT molecular complexity index is 108. The normalized spacial score (nSPS) is 38.0. The Morgan fingerprint density at radius 1 is 0.667 bits per heavy atom. The van der Waals surface area contributed by atoms with Gasteiger partial charge in [0.2, 0.25) is 0 Å². The predicted octanol–water partition coefficient (Wildman–Crippen LogP) is 1.27.